The summed E-state index contributed by atoms with van der Waals surface area (Å²) in [6.45, 7) is 1.35. The van der Waals surface area contributed by atoms with Crippen molar-refractivity contribution in [1.29, 1.82) is 0 Å². The molecule has 0 bridgehead atoms. The summed E-state index contributed by atoms with van der Waals surface area (Å²) in [7, 11) is 3.25. The molecule has 0 heterocycles. The van der Waals surface area contributed by atoms with Gasteiger partial charge in [-0.15, -0.1) is 0 Å². The van der Waals surface area contributed by atoms with Crippen LogP contribution in [0.4, 0.5) is 0 Å². The molecule has 5 heteroatoms. The Balaban J connectivity index is 1.75. The normalized spacial score (nSPS) is 10.2. The van der Waals surface area contributed by atoms with E-state index in [1.165, 1.54) is 0 Å². The molecule has 5 nitrogen and oxygen atoms in total. The minimum atomic E-state index is -0.122. The van der Waals surface area contributed by atoms with Gasteiger partial charge in [0.25, 0.3) is 5.91 Å². The molecule has 1 N–H and O–H groups in total. The zero-order valence-corrected chi connectivity index (χ0v) is 13.4. The third-order valence-corrected chi connectivity index (χ3v) is 3.22. The van der Waals surface area contributed by atoms with Crippen LogP contribution in [0, 0.1) is 0 Å². The van der Waals surface area contributed by atoms with Crippen molar-refractivity contribution in [3.63, 3.8) is 0 Å². The van der Waals surface area contributed by atoms with Crippen LogP contribution in [-0.2, 0) is 11.3 Å². The molecular formula is C18H21NO4. The van der Waals surface area contributed by atoms with E-state index in [0.717, 1.165) is 11.3 Å². The van der Waals surface area contributed by atoms with Gasteiger partial charge in [-0.1, -0.05) is 18.2 Å². The second kappa shape index (κ2) is 8.80. The van der Waals surface area contributed by atoms with E-state index in [2.05, 4.69) is 5.32 Å². The Morgan fingerprint density at radius 2 is 1.78 bits per heavy atom. The van der Waals surface area contributed by atoms with Gasteiger partial charge in [0, 0.05) is 18.7 Å². The average Bonchev–Trinajstić information content (AvgIpc) is 2.59. The van der Waals surface area contributed by atoms with E-state index in [1.54, 1.807) is 32.4 Å². The van der Waals surface area contributed by atoms with Crippen LogP contribution in [0.5, 0.6) is 11.5 Å². The number of hydrogen-bond donors (Lipinski definition) is 1. The van der Waals surface area contributed by atoms with Gasteiger partial charge in [-0.2, -0.15) is 0 Å². The van der Waals surface area contributed by atoms with Gasteiger partial charge in [0.2, 0.25) is 0 Å². The molecule has 122 valence electrons. The first-order valence-corrected chi connectivity index (χ1v) is 7.36. The van der Waals surface area contributed by atoms with E-state index in [9.17, 15) is 4.79 Å². The SMILES string of the molecule is COCc1ccc(C(=O)NCCOc2cccc(OC)c2)cc1. The van der Waals surface area contributed by atoms with Crippen LogP contribution in [0.3, 0.4) is 0 Å². The Morgan fingerprint density at radius 1 is 1.04 bits per heavy atom. The first kappa shape index (κ1) is 16.8. The minimum Gasteiger partial charge on any atom is -0.497 e. The summed E-state index contributed by atoms with van der Waals surface area (Å²) >= 11 is 0. The first-order valence-electron chi connectivity index (χ1n) is 7.36. The largest absolute Gasteiger partial charge is 0.497 e. The van der Waals surface area contributed by atoms with Crippen molar-refractivity contribution >= 4 is 5.91 Å². The standard InChI is InChI=1S/C18H21NO4/c1-21-13-14-6-8-15(9-7-14)18(20)19-10-11-23-17-5-3-4-16(12-17)22-2/h3-9,12H,10-11,13H2,1-2H3,(H,19,20). The molecule has 0 saturated carbocycles. The third kappa shape index (κ3) is 5.30. The molecule has 0 spiro atoms. The molecule has 0 aromatic heterocycles. The fourth-order valence-corrected chi connectivity index (χ4v) is 2.05. The van der Waals surface area contributed by atoms with Gasteiger partial charge in [0.05, 0.1) is 20.3 Å². The zero-order chi connectivity index (χ0) is 16.5. The lowest BCUT2D eigenvalue weighted by Gasteiger charge is -2.09. The molecule has 2 aromatic carbocycles. The van der Waals surface area contributed by atoms with E-state index in [4.69, 9.17) is 14.2 Å². The molecule has 2 rings (SSSR count). The van der Waals surface area contributed by atoms with Crippen LogP contribution in [-0.4, -0.2) is 33.3 Å². The highest BCUT2D eigenvalue weighted by molar-refractivity contribution is 5.94. The van der Waals surface area contributed by atoms with E-state index >= 15 is 0 Å². The molecule has 1 amide bonds. The zero-order valence-electron chi connectivity index (χ0n) is 13.4. The second-order valence-corrected chi connectivity index (χ2v) is 4.91. The van der Waals surface area contributed by atoms with Gasteiger partial charge < -0.3 is 19.5 Å². The van der Waals surface area contributed by atoms with E-state index in [1.807, 2.05) is 30.3 Å². The third-order valence-electron chi connectivity index (χ3n) is 3.22. The average molecular weight is 315 g/mol. The van der Waals surface area contributed by atoms with Crippen molar-refractivity contribution in [1.82, 2.24) is 5.32 Å². The lowest BCUT2D eigenvalue weighted by molar-refractivity contribution is 0.0947. The Hall–Kier alpha value is -2.53. The molecule has 0 aliphatic rings. The Labute approximate surface area is 136 Å². The number of ether oxygens (including phenoxy) is 3. The molecule has 0 fully saturated rings. The maximum absolute atomic E-state index is 12.0. The highest BCUT2D eigenvalue weighted by Crippen LogP contribution is 2.18. The van der Waals surface area contributed by atoms with Gasteiger partial charge in [-0.25, -0.2) is 0 Å². The van der Waals surface area contributed by atoms with Crippen LogP contribution in [0.25, 0.3) is 0 Å². The van der Waals surface area contributed by atoms with Gasteiger partial charge in [0.15, 0.2) is 0 Å². The van der Waals surface area contributed by atoms with Crippen LogP contribution < -0.4 is 14.8 Å². The highest BCUT2D eigenvalue weighted by atomic mass is 16.5. The van der Waals surface area contributed by atoms with Crippen LogP contribution >= 0.6 is 0 Å². The highest BCUT2D eigenvalue weighted by Gasteiger charge is 2.05. The molecule has 0 unspecified atom stereocenters. The van der Waals surface area contributed by atoms with E-state index in [-0.39, 0.29) is 5.91 Å². The maximum atomic E-state index is 12.0. The van der Waals surface area contributed by atoms with E-state index in [0.29, 0.717) is 31.1 Å². The predicted molar refractivity (Wildman–Crippen MR) is 88.0 cm³/mol. The van der Waals surface area contributed by atoms with Crippen LogP contribution in [0.1, 0.15) is 15.9 Å². The molecule has 0 saturated heterocycles. The monoisotopic (exact) mass is 315 g/mol. The Bertz CT molecular complexity index is 625. The second-order valence-electron chi connectivity index (χ2n) is 4.91. The lowest BCUT2D eigenvalue weighted by atomic mass is 10.1. The first-order chi connectivity index (χ1) is 11.2. The van der Waals surface area contributed by atoms with Crippen LogP contribution in [0.2, 0.25) is 0 Å². The molecule has 0 radical (unpaired) electrons. The quantitative estimate of drug-likeness (QED) is 0.761. The number of hydrogen-bond acceptors (Lipinski definition) is 4. The lowest BCUT2D eigenvalue weighted by Crippen LogP contribution is -2.28. The van der Waals surface area contributed by atoms with Gasteiger partial charge in [-0.05, 0) is 29.8 Å². The summed E-state index contributed by atoms with van der Waals surface area (Å²) < 4.78 is 15.7. The predicted octanol–water partition coefficient (Wildman–Crippen LogP) is 2.65. The smallest absolute Gasteiger partial charge is 0.251 e. The summed E-state index contributed by atoms with van der Waals surface area (Å²) in [5, 5.41) is 2.82. The summed E-state index contributed by atoms with van der Waals surface area (Å²) in [4.78, 5) is 12.0. The number of rotatable bonds is 8. The summed E-state index contributed by atoms with van der Waals surface area (Å²) in [6.07, 6.45) is 0. The van der Waals surface area contributed by atoms with Crippen molar-refractivity contribution in [2.75, 3.05) is 27.4 Å². The van der Waals surface area contributed by atoms with Crippen molar-refractivity contribution < 1.29 is 19.0 Å². The van der Waals surface area contributed by atoms with Gasteiger partial charge in [0.1, 0.15) is 18.1 Å². The molecule has 23 heavy (non-hydrogen) atoms. The van der Waals surface area contributed by atoms with Crippen molar-refractivity contribution in [3.05, 3.63) is 59.7 Å². The molecule has 0 aliphatic heterocycles. The number of amides is 1. The summed E-state index contributed by atoms with van der Waals surface area (Å²) in [6, 6.07) is 14.7. The van der Waals surface area contributed by atoms with Crippen molar-refractivity contribution in [2.45, 2.75) is 6.61 Å². The number of carbonyl (C=O) groups is 1. The topological polar surface area (TPSA) is 56.8 Å². The summed E-state index contributed by atoms with van der Waals surface area (Å²) in [5.74, 6) is 1.33. The molecule has 0 aliphatic carbocycles. The minimum absolute atomic E-state index is 0.122. The van der Waals surface area contributed by atoms with Crippen molar-refractivity contribution in [3.8, 4) is 11.5 Å². The maximum Gasteiger partial charge on any atom is 0.251 e. The van der Waals surface area contributed by atoms with Gasteiger partial charge >= 0.3 is 0 Å². The Morgan fingerprint density at radius 3 is 2.48 bits per heavy atom. The Kier molecular flexibility index (Phi) is 6.44. The fourth-order valence-electron chi connectivity index (χ4n) is 2.05. The fraction of sp³-hybridized carbons (Fsp3) is 0.278. The number of benzene rings is 2. The van der Waals surface area contributed by atoms with Crippen LogP contribution in [0.15, 0.2) is 48.5 Å². The summed E-state index contributed by atoms with van der Waals surface area (Å²) in [5.41, 5.74) is 1.65. The number of methoxy groups -OCH3 is 2. The molecule has 0 atom stereocenters. The number of carbonyl (C=O) groups excluding carboxylic acids is 1. The van der Waals surface area contributed by atoms with Crippen molar-refractivity contribution in [2.24, 2.45) is 0 Å². The van der Waals surface area contributed by atoms with E-state index < -0.39 is 0 Å². The number of nitrogens with one attached hydrogen (secondary N) is 1. The molecule has 2 aromatic rings. The molecular weight excluding hydrogens is 294 g/mol. The van der Waals surface area contributed by atoms with Gasteiger partial charge in [-0.3, -0.25) is 4.79 Å².